The summed E-state index contributed by atoms with van der Waals surface area (Å²) in [6.45, 7) is 10.0. The van der Waals surface area contributed by atoms with Crippen molar-refractivity contribution in [3.63, 3.8) is 0 Å². The van der Waals surface area contributed by atoms with E-state index in [0.717, 1.165) is 38.9 Å². The van der Waals surface area contributed by atoms with Crippen LogP contribution in [0.15, 0.2) is 24.3 Å². The van der Waals surface area contributed by atoms with E-state index in [0.29, 0.717) is 24.3 Å². The maximum Gasteiger partial charge on any atom is 0.258 e. The molecule has 1 aromatic rings. The fourth-order valence-corrected chi connectivity index (χ4v) is 5.66. The van der Waals surface area contributed by atoms with Gasteiger partial charge in [-0.2, -0.15) is 0 Å². The zero-order chi connectivity index (χ0) is 20.6. The molecule has 2 N–H and O–H groups in total. The molecule has 3 fully saturated rings. The highest BCUT2D eigenvalue weighted by Crippen LogP contribution is 2.58. The van der Waals surface area contributed by atoms with Gasteiger partial charge in [0, 0.05) is 31.3 Å². The van der Waals surface area contributed by atoms with E-state index in [2.05, 4.69) is 36.3 Å². The van der Waals surface area contributed by atoms with Crippen molar-refractivity contribution in [1.29, 1.82) is 0 Å². The van der Waals surface area contributed by atoms with Crippen molar-refractivity contribution < 1.29 is 14.3 Å². The number of ether oxygens (including phenoxy) is 1. The van der Waals surface area contributed by atoms with Crippen LogP contribution < -0.4 is 15.4 Å². The molecule has 1 aromatic carbocycles. The number of carbonyl (C=O) groups excluding carboxylic acids is 2. The highest BCUT2D eigenvalue weighted by molar-refractivity contribution is 5.98. The van der Waals surface area contributed by atoms with Gasteiger partial charge in [-0.15, -0.1) is 0 Å². The summed E-state index contributed by atoms with van der Waals surface area (Å²) < 4.78 is 6.43. The van der Waals surface area contributed by atoms with Crippen LogP contribution in [0.5, 0.6) is 5.75 Å². The third-order valence-corrected chi connectivity index (χ3v) is 7.44. The smallest absolute Gasteiger partial charge is 0.258 e. The maximum atomic E-state index is 13.0. The van der Waals surface area contributed by atoms with Crippen molar-refractivity contribution in [2.45, 2.75) is 52.2 Å². The minimum absolute atomic E-state index is 0.0266. The number of para-hydroxylation sites is 1. The largest absolute Gasteiger partial charge is 0.467 e. The molecule has 158 valence electrons. The fourth-order valence-electron chi connectivity index (χ4n) is 5.66. The Morgan fingerprint density at radius 1 is 1.31 bits per heavy atom. The molecule has 29 heavy (non-hydrogen) atoms. The van der Waals surface area contributed by atoms with E-state index in [-0.39, 0.29) is 29.1 Å². The minimum atomic E-state index is -0.684. The summed E-state index contributed by atoms with van der Waals surface area (Å²) in [5.74, 6) is 0.874. The van der Waals surface area contributed by atoms with Crippen molar-refractivity contribution >= 4 is 11.8 Å². The average Bonchev–Trinajstić information content (AvgIpc) is 2.70. The lowest BCUT2D eigenvalue weighted by Gasteiger charge is -2.59. The average molecular weight is 400 g/mol. The number of hydrogen-bond donors (Lipinski definition) is 2. The molecule has 0 saturated heterocycles. The summed E-state index contributed by atoms with van der Waals surface area (Å²) in [4.78, 5) is 28.1. The van der Waals surface area contributed by atoms with Gasteiger partial charge < -0.3 is 20.3 Å². The van der Waals surface area contributed by atoms with Crippen LogP contribution in [-0.2, 0) is 4.79 Å². The van der Waals surface area contributed by atoms with Crippen LogP contribution in [0.4, 0.5) is 0 Å². The molecule has 2 amide bonds. The molecule has 0 aromatic heterocycles. The Morgan fingerprint density at radius 3 is 2.79 bits per heavy atom. The van der Waals surface area contributed by atoms with Gasteiger partial charge >= 0.3 is 0 Å². The number of likely N-dealkylation sites (N-methyl/N-ethyl adjacent to an activating group) is 1. The first-order valence-electron chi connectivity index (χ1n) is 11.0. The summed E-state index contributed by atoms with van der Waals surface area (Å²) in [6, 6.07) is 7.43. The molecule has 5 rings (SSSR count). The number of carbonyl (C=O) groups is 2. The van der Waals surface area contributed by atoms with Crippen LogP contribution in [0.25, 0.3) is 0 Å². The van der Waals surface area contributed by atoms with E-state index >= 15 is 0 Å². The molecular formula is C23H33N3O3. The molecular weight excluding hydrogens is 366 g/mol. The zero-order valence-electron chi connectivity index (χ0n) is 17.8. The molecule has 1 spiro atoms. The van der Waals surface area contributed by atoms with Gasteiger partial charge in [0.25, 0.3) is 5.91 Å². The summed E-state index contributed by atoms with van der Waals surface area (Å²) in [6.07, 6.45) is 3.41. The van der Waals surface area contributed by atoms with E-state index < -0.39 is 5.72 Å². The third-order valence-electron chi connectivity index (χ3n) is 7.44. The first-order chi connectivity index (χ1) is 13.9. The number of nitrogens with zero attached hydrogens (tertiary/aromatic N) is 1. The Morgan fingerprint density at radius 2 is 2.07 bits per heavy atom. The number of rotatable bonds is 6. The van der Waals surface area contributed by atoms with Crippen molar-refractivity contribution in [3.8, 4) is 5.75 Å². The maximum absolute atomic E-state index is 13.0. The fraction of sp³-hybridized carbons (Fsp3) is 0.652. The Hall–Kier alpha value is -2.08. The number of nitrogens with one attached hydrogen (secondary N) is 2. The lowest BCUT2D eigenvalue weighted by molar-refractivity contribution is -0.167. The highest BCUT2D eigenvalue weighted by atomic mass is 16.5. The van der Waals surface area contributed by atoms with Gasteiger partial charge in [0.2, 0.25) is 5.91 Å². The van der Waals surface area contributed by atoms with E-state index in [1.807, 2.05) is 18.2 Å². The molecule has 4 unspecified atom stereocenters. The molecule has 3 aliphatic carbocycles. The van der Waals surface area contributed by atoms with Crippen molar-refractivity contribution in [3.05, 3.63) is 29.8 Å². The second-order valence-corrected chi connectivity index (χ2v) is 9.11. The lowest BCUT2D eigenvalue weighted by Crippen LogP contribution is -2.69. The molecule has 1 heterocycles. The van der Waals surface area contributed by atoms with Crippen LogP contribution in [0, 0.1) is 17.3 Å². The van der Waals surface area contributed by atoms with Gasteiger partial charge in [0.15, 0.2) is 5.72 Å². The van der Waals surface area contributed by atoms with E-state index in [1.165, 1.54) is 0 Å². The summed E-state index contributed by atoms with van der Waals surface area (Å²) >= 11 is 0. The topological polar surface area (TPSA) is 70.7 Å². The highest BCUT2D eigenvalue weighted by Gasteiger charge is 2.61. The molecule has 2 bridgehead atoms. The Labute approximate surface area is 173 Å². The zero-order valence-corrected chi connectivity index (χ0v) is 17.8. The number of fused-ring (bicyclic) bond motifs is 3. The summed E-state index contributed by atoms with van der Waals surface area (Å²) in [5, 5.41) is 6.35. The molecule has 3 saturated carbocycles. The predicted octanol–water partition coefficient (Wildman–Crippen LogP) is 2.79. The van der Waals surface area contributed by atoms with Gasteiger partial charge in [0.05, 0.1) is 5.56 Å². The van der Waals surface area contributed by atoms with Gasteiger partial charge in [-0.05, 0) is 49.9 Å². The second kappa shape index (κ2) is 7.63. The van der Waals surface area contributed by atoms with Crippen LogP contribution >= 0.6 is 0 Å². The SMILES string of the molecule is CCN(CC)CCNC(=O)C1CC2CCC1(C)CC21NC(=O)c2ccccc2O1. The van der Waals surface area contributed by atoms with Gasteiger partial charge in [-0.1, -0.05) is 32.9 Å². The Kier molecular flexibility index (Phi) is 5.32. The van der Waals surface area contributed by atoms with Crippen LogP contribution in [0.3, 0.4) is 0 Å². The minimum Gasteiger partial charge on any atom is -0.467 e. The van der Waals surface area contributed by atoms with Crippen LogP contribution in [0.1, 0.15) is 56.8 Å². The van der Waals surface area contributed by atoms with Gasteiger partial charge in [0.1, 0.15) is 5.75 Å². The summed E-state index contributed by atoms with van der Waals surface area (Å²) in [5.41, 5.74) is -0.264. The van der Waals surface area contributed by atoms with Crippen molar-refractivity contribution in [2.75, 3.05) is 26.2 Å². The molecule has 6 heteroatoms. The van der Waals surface area contributed by atoms with E-state index in [9.17, 15) is 9.59 Å². The normalized spacial score (nSPS) is 32.6. The van der Waals surface area contributed by atoms with E-state index in [4.69, 9.17) is 4.74 Å². The summed E-state index contributed by atoms with van der Waals surface area (Å²) in [7, 11) is 0. The van der Waals surface area contributed by atoms with Crippen molar-refractivity contribution in [1.82, 2.24) is 15.5 Å². The first kappa shape index (κ1) is 20.2. The molecule has 6 nitrogen and oxygen atoms in total. The third kappa shape index (κ3) is 3.52. The molecule has 4 atom stereocenters. The second-order valence-electron chi connectivity index (χ2n) is 9.11. The quantitative estimate of drug-likeness (QED) is 0.772. The monoisotopic (exact) mass is 399 g/mol. The first-order valence-corrected chi connectivity index (χ1v) is 11.0. The number of benzene rings is 1. The number of amides is 2. The molecule has 1 aliphatic heterocycles. The number of hydrogen-bond acceptors (Lipinski definition) is 4. The lowest BCUT2D eigenvalue weighted by atomic mass is 9.52. The van der Waals surface area contributed by atoms with Crippen molar-refractivity contribution in [2.24, 2.45) is 17.3 Å². The Balaban J connectivity index is 1.47. The van der Waals surface area contributed by atoms with Crippen LogP contribution in [0.2, 0.25) is 0 Å². The van der Waals surface area contributed by atoms with Gasteiger partial charge in [-0.25, -0.2) is 0 Å². The van der Waals surface area contributed by atoms with Crippen LogP contribution in [-0.4, -0.2) is 48.6 Å². The van der Waals surface area contributed by atoms with Gasteiger partial charge in [-0.3, -0.25) is 9.59 Å². The van der Waals surface area contributed by atoms with E-state index in [1.54, 1.807) is 6.07 Å². The predicted molar refractivity (Wildman–Crippen MR) is 112 cm³/mol. The molecule has 0 radical (unpaired) electrons. The standard InChI is InChI=1S/C23H33N3O3/c1-4-26(5-2)13-12-24-21(28)18-14-16-10-11-22(18,3)15-23(16)25-20(27)17-8-6-7-9-19(17)29-23/h6-9,16,18H,4-5,10-15H2,1-3H3,(H,24,28)(H,25,27). The Bertz CT molecular complexity index is 793. The molecule has 4 aliphatic rings.